The third-order valence-corrected chi connectivity index (χ3v) is 9.71. The molecule has 0 aromatic carbocycles. The molecule has 3 saturated carbocycles. The fourth-order valence-electron chi connectivity index (χ4n) is 7.33. The van der Waals surface area contributed by atoms with Crippen LogP contribution < -0.4 is 0 Å². The molecule has 0 radical (unpaired) electrons. The topological polar surface area (TPSA) is 133 Å². The van der Waals surface area contributed by atoms with Crippen LogP contribution in [0.15, 0.2) is 11.6 Å². The molecule has 10 heteroatoms. The molecular formula is C25H36O9S. The Bertz CT molecular complexity index is 1020. The number of rotatable bonds is 6. The van der Waals surface area contributed by atoms with Crippen LogP contribution in [0.2, 0.25) is 0 Å². The Hall–Kier alpha value is -1.94. The van der Waals surface area contributed by atoms with Gasteiger partial charge in [-0.25, -0.2) is 18.0 Å². The number of carbonyl (C=O) groups excluding carboxylic acids is 3. The minimum absolute atomic E-state index is 0.0812. The van der Waals surface area contributed by atoms with E-state index in [1.165, 1.54) is 5.57 Å². The van der Waals surface area contributed by atoms with Gasteiger partial charge < -0.3 is 19.3 Å². The number of aliphatic hydroxyl groups is 1. The van der Waals surface area contributed by atoms with Crippen LogP contribution in [0.3, 0.4) is 0 Å². The Morgan fingerprint density at radius 3 is 2.54 bits per heavy atom. The molecule has 3 fully saturated rings. The second-order valence-electron chi connectivity index (χ2n) is 11.3. The number of sulfone groups is 1. The van der Waals surface area contributed by atoms with Crippen LogP contribution in [-0.2, 0) is 33.6 Å². The van der Waals surface area contributed by atoms with Crippen molar-refractivity contribution in [2.75, 3.05) is 18.8 Å². The summed E-state index contributed by atoms with van der Waals surface area (Å²) in [4.78, 5) is 36.0. The number of esters is 1. The molecule has 0 aromatic rings. The first-order valence-corrected chi connectivity index (χ1v) is 14.5. The van der Waals surface area contributed by atoms with Crippen molar-refractivity contribution in [1.29, 1.82) is 0 Å². The van der Waals surface area contributed by atoms with Crippen LogP contribution in [0.25, 0.3) is 0 Å². The molecule has 35 heavy (non-hydrogen) atoms. The maximum Gasteiger partial charge on any atom is 0.508 e. The molecule has 0 aromatic heterocycles. The van der Waals surface area contributed by atoms with Crippen molar-refractivity contribution in [2.24, 2.45) is 28.6 Å². The van der Waals surface area contributed by atoms with E-state index in [0.29, 0.717) is 24.2 Å². The number of fused-ring (bicyclic) bond motifs is 5. The first-order chi connectivity index (χ1) is 16.3. The van der Waals surface area contributed by atoms with Crippen LogP contribution in [0.1, 0.15) is 65.2 Å². The van der Waals surface area contributed by atoms with Crippen molar-refractivity contribution in [1.82, 2.24) is 0 Å². The zero-order chi connectivity index (χ0) is 25.6. The normalized spacial score (nSPS) is 37.3. The number of carbonyl (C=O) groups is 3. The Kier molecular flexibility index (Phi) is 7.09. The molecule has 1 N–H and O–H groups in total. The largest absolute Gasteiger partial charge is 0.508 e. The van der Waals surface area contributed by atoms with Crippen LogP contribution in [0.5, 0.6) is 0 Å². The van der Waals surface area contributed by atoms with Gasteiger partial charge in [-0.1, -0.05) is 19.4 Å². The Balaban J connectivity index is 1.34. The molecule has 0 heterocycles. The first-order valence-electron chi connectivity index (χ1n) is 12.4. The maximum absolute atomic E-state index is 12.4. The standard InChI is InChI=1S/C25H36O9S/c1-24-10-8-16(26)12-15(24)4-5-17-18-6-7-21(25(18,2)11-9-19(17)24)34-23(29)32-13-20(27)22(28)33-14-35(3,30)31/h12,17-21,27H,4-11,13-14H2,1-3H3/t17-,18-,19-,20?,21+,24-,25-/m0/s1. The zero-order valence-electron chi connectivity index (χ0n) is 20.7. The number of aliphatic hydroxyl groups excluding tert-OH is 1. The van der Waals surface area contributed by atoms with Gasteiger partial charge in [0.1, 0.15) is 12.7 Å². The minimum atomic E-state index is -3.54. The minimum Gasteiger partial charge on any atom is -0.447 e. The summed E-state index contributed by atoms with van der Waals surface area (Å²) in [5, 5.41) is 9.80. The Morgan fingerprint density at radius 1 is 1.09 bits per heavy atom. The summed E-state index contributed by atoms with van der Waals surface area (Å²) in [6, 6.07) is 0. The molecule has 7 atom stereocenters. The van der Waals surface area contributed by atoms with E-state index in [0.717, 1.165) is 51.2 Å². The molecule has 0 saturated heterocycles. The van der Waals surface area contributed by atoms with E-state index >= 15 is 0 Å². The smallest absolute Gasteiger partial charge is 0.447 e. The summed E-state index contributed by atoms with van der Waals surface area (Å²) >= 11 is 0. The summed E-state index contributed by atoms with van der Waals surface area (Å²) in [5.74, 6) is -0.306. The number of allylic oxidation sites excluding steroid dienone is 1. The molecule has 4 aliphatic rings. The van der Waals surface area contributed by atoms with Crippen molar-refractivity contribution in [3.63, 3.8) is 0 Å². The summed E-state index contributed by atoms with van der Waals surface area (Å²) in [7, 11) is -3.54. The lowest BCUT2D eigenvalue weighted by molar-refractivity contribution is -0.154. The molecular weight excluding hydrogens is 476 g/mol. The predicted octanol–water partition coefficient (Wildman–Crippen LogP) is 2.95. The first kappa shape index (κ1) is 26.1. The third-order valence-electron chi connectivity index (χ3n) is 9.16. The second-order valence-corrected chi connectivity index (χ2v) is 13.4. The Labute approximate surface area is 206 Å². The molecule has 9 nitrogen and oxygen atoms in total. The van der Waals surface area contributed by atoms with Gasteiger partial charge in [0, 0.05) is 18.1 Å². The van der Waals surface area contributed by atoms with Crippen molar-refractivity contribution >= 4 is 27.7 Å². The van der Waals surface area contributed by atoms with E-state index in [2.05, 4.69) is 18.6 Å². The molecule has 0 aliphatic heterocycles. The van der Waals surface area contributed by atoms with Gasteiger partial charge >= 0.3 is 12.1 Å². The van der Waals surface area contributed by atoms with E-state index in [-0.39, 0.29) is 22.7 Å². The fraction of sp³-hybridized carbons (Fsp3) is 0.800. The molecule has 0 spiro atoms. The summed E-state index contributed by atoms with van der Waals surface area (Å²) in [6.07, 6.45) is 6.93. The fourth-order valence-corrected chi connectivity index (χ4v) is 7.66. The van der Waals surface area contributed by atoms with Crippen LogP contribution in [0, 0.1) is 28.6 Å². The average molecular weight is 513 g/mol. The summed E-state index contributed by atoms with van der Waals surface area (Å²) in [5.41, 5.74) is 1.23. The second kappa shape index (κ2) is 9.50. The quantitative estimate of drug-likeness (QED) is 0.533. The van der Waals surface area contributed by atoms with Gasteiger partial charge in [-0.2, -0.15) is 0 Å². The monoisotopic (exact) mass is 512 g/mol. The van der Waals surface area contributed by atoms with E-state index in [1.54, 1.807) is 0 Å². The number of hydrogen-bond donors (Lipinski definition) is 1. The van der Waals surface area contributed by atoms with Crippen molar-refractivity contribution < 1.29 is 42.1 Å². The van der Waals surface area contributed by atoms with E-state index < -0.39 is 40.6 Å². The highest BCUT2D eigenvalue weighted by Crippen LogP contribution is 2.65. The van der Waals surface area contributed by atoms with Crippen molar-refractivity contribution in [2.45, 2.75) is 77.4 Å². The molecule has 4 rings (SSSR count). The van der Waals surface area contributed by atoms with Crippen molar-refractivity contribution in [3.05, 3.63) is 11.6 Å². The van der Waals surface area contributed by atoms with Gasteiger partial charge in [0.2, 0.25) is 0 Å². The highest BCUT2D eigenvalue weighted by Gasteiger charge is 2.60. The van der Waals surface area contributed by atoms with Crippen LogP contribution >= 0.6 is 0 Å². The van der Waals surface area contributed by atoms with Crippen molar-refractivity contribution in [3.8, 4) is 0 Å². The zero-order valence-corrected chi connectivity index (χ0v) is 21.5. The van der Waals surface area contributed by atoms with E-state index in [1.807, 2.05) is 6.08 Å². The molecule has 1 unspecified atom stereocenters. The van der Waals surface area contributed by atoms with Gasteiger partial charge in [0.15, 0.2) is 27.7 Å². The lowest BCUT2D eigenvalue weighted by Crippen LogP contribution is -2.51. The number of ether oxygens (including phenoxy) is 3. The predicted molar refractivity (Wildman–Crippen MR) is 125 cm³/mol. The molecule has 4 aliphatic carbocycles. The van der Waals surface area contributed by atoms with E-state index in [9.17, 15) is 27.9 Å². The highest BCUT2D eigenvalue weighted by atomic mass is 32.2. The number of hydrogen-bond acceptors (Lipinski definition) is 9. The number of ketones is 1. The maximum atomic E-state index is 12.4. The Morgan fingerprint density at radius 2 is 1.83 bits per heavy atom. The molecule has 0 amide bonds. The van der Waals surface area contributed by atoms with Gasteiger partial charge in [-0.05, 0) is 74.2 Å². The lowest BCUT2D eigenvalue weighted by Gasteiger charge is -2.57. The van der Waals surface area contributed by atoms with Gasteiger partial charge in [0.25, 0.3) is 0 Å². The SMILES string of the molecule is C[C@]12CC[C@H]3[C@@H](CCC4=CC(=O)CC[C@@]43C)[C@@H]1CC[C@H]2OC(=O)OCC(O)C(=O)OCS(C)(=O)=O. The molecule has 196 valence electrons. The summed E-state index contributed by atoms with van der Waals surface area (Å²) in [6.45, 7) is 3.84. The third kappa shape index (κ3) is 5.14. The van der Waals surface area contributed by atoms with Gasteiger partial charge in [-0.15, -0.1) is 0 Å². The van der Waals surface area contributed by atoms with Crippen LogP contribution in [-0.4, -0.2) is 62.4 Å². The lowest BCUT2D eigenvalue weighted by atomic mass is 9.47. The summed E-state index contributed by atoms with van der Waals surface area (Å²) < 4.78 is 37.3. The molecule has 0 bridgehead atoms. The van der Waals surface area contributed by atoms with Gasteiger partial charge in [-0.3, -0.25) is 4.79 Å². The van der Waals surface area contributed by atoms with E-state index in [4.69, 9.17) is 9.47 Å². The average Bonchev–Trinajstić information content (AvgIpc) is 3.11. The highest BCUT2D eigenvalue weighted by molar-refractivity contribution is 7.90. The van der Waals surface area contributed by atoms with Gasteiger partial charge in [0.05, 0.1) is 0 Å². The van der Waals surface area contributed by atoms with Crippen LogP contribution in [0.4, 0.5) is 4.79 Å².